The third-order valence-electron chi connectivity index (χ3n) is 5.57. The van der Waals surface area contributed by atoms with Crippen molar-refractivity contribution in [3.05, 3.63) is 65.8 Å². The molecule has 1 saturated heterocycles. The number of piperazine rings is 1. The Morgan fingerprint density at radius 1 is 1.03 bits per heavy atom. The molecule has 0 N–H and O–H groups in total. The molecule has 0 amide bonds. The molecule has 0 atom stereocenters. The smallest absolute Gasteiger partial charge is 0.171 e. The Bertz CT molecular complexity index is 1200. The Morgan fingerprint density at radius 3 is 2.65 bits per heavy atom. The molecule has 0 radical (unpaired) electrons. The molecule has 0 spiro atoms. The third kappa shape index (κ3) is 4.30. The zero-order valence-electron chi connectivity index (χ0n) is 17.2. The van der Waals surface area contributed by atoms with E-state index in [1.165, 1.54) is 0 Å². The van der Waals surface area contributed by atoms with Gasteiger partial charge in [0.25, 0.3) is 0 Å². The van der Waals surface area contributed by atoms with Gasteiger partial charge in [0.05, 0.1) is 22.3 Å². The fourth-order valence-electron chi connectivity index (χ4n) is 3.68. The number of nitrogens with zero attached hydrogens (tertiary/aromatic N) is 6. The van der Waals surface area contributed by atoms with Gasteiger partial charge in [-0.25, -0.2) is 15.0 Å². The molecular weight excluding hydrogens is 408 g/mol. The van der Waals surface area contributed by atoms with Crippen LogP contribution in [0.3, 0.4) is 0 Å². The molecule has 0 unspecified atom stereocenters. The number of carbonyl (C=O) groups excluding carboxylic acids is 1. The Labute approximate surface area is 184 Å². The second kappa shape index (κ2) is 8.49. The number of benzene rings is 1. The molecular formula is C23H22N6OS. The zero-order valence-corrected chi connectivity index (χ0v) is 18.0. The first kappa shape index (κ1) is 19.7. The molecule has 4 aromatic rings. The predicted molar refractivity (Wildman–Crippen MR) is 123 cm³/mol. The maximum absolute atomic E-state index is 12.8. The minimum Gasteiger partial charge on any atom is -0.354 e. The van der Waals surface area contributed by atoms with E-state index in [2.05, 4.69) is 36.8 Å². The van der Waals surface area contributed by atoms with Crippen LogP contribution in [-0.4, -0.2) is 63.8 Å². The topological polar surface area (TPSA) is 75.1 Å². The highest BCUT2D eigenvalue weighted by Gasteiger charge is 2.16. The van der Waals surface area contributed by atoms with Gasteiger partial charge in [0, 0.05) is 55.7 Å². The number of Topliss-reactive ketones (excluding diaryl/α,β-unsaturated/α-hetero) is 1. The van der Waals surface area contributed by atoms with E-state index < -0.39 is 0 Å². The normalized spacial score (nSPS) is 14.8. The van der Waals surface area contributed by atoms with E-state index in [1.54, 1.807) is 23.7 Å². The second-order valence-electron chi connectivity index (χ2n) is 7.72. The molecule has 1 aliphatic heterocycles. The number of anilines is 1. The molecule has 4 heterocycles. The minimum atomic E-state index is -0.0320. The van der Waals surface area contributed by atoms with Crippen LogP contribution in [-0.2, 0) is 6.42 Å². The fraction of sp³-hybridized carbons (Fsp3) is 0.261. The number of hydrogen-bond donors (Lipinski definition) is 0. The van der Waals surface area contributed by atoms with Gasteiger partial charge in [0.1, 0.15) is 11.6 Å². The number of ketones is 1. The lowest BCUT2D eigenvalue weighted by Gasteiger charge is -2.33. The molecule has 0 bridgehead atoms. The van der Waals surface area contributed by atoms with Crippen LogP contribution in [0.25, 0.3) is 21.3 Å². The summed E-state index contributed by atoms with van der Waals surface area (Å²) in [6, 6.07) is 9.84. The molecule has 1 fully saturated rings. The molecule has 5 rings (SSSR count). The van der Waals surface area contributed by atoms with E-state index in [1.807, 2.05) is 42.0 Å². The molecule has 0 saturated carbocycles. The van der Waals surface area contributed by atoms with Crippen molar-refractivity contribution in [1.29, 1.82) is 0 Å². The SMILES string of the molecule is CN1CCN(c2ccc(C(=O)Cc3ncc4ccc(-c5cncs5)cc4n3)cn2)CC1. The zero-order chi connectivity index (χ0) is 21.2. The Kier molecular flexibility index (Phi) is 5.40. The maximum Gasteiger partial charge on any atom is 0.171 e. The summed E-state index contributed by atoms with van der Waals surface area (Å²) in [6.45, 7) is 3.94. The van der Waals surface area contributed by atoms with E-state index in [0.29, 0.717) is 11.4 Å². The van der Waals surface area contributed by atoms with Crippen LogP contribution in [0.2, 0.25) is 0 Å². The molecule has 3 aromatic heterocycles. The first-order valence-electron chi connectivity index (χ1n) is 10.2. The number of aromatic nitrogens is 4. The van der Waals surface area contributed by atoms with E-state index >= 15 is 0 Å². The average Bonchev–Trinajstić information content (AvgIpc) is 3.34. The van der Waals surface area contributed by atoms with Crippen molar-refractivity contribution >= 4 is 33.8 Å². The molecule has 7 nitrogen and oxygen atoms in total. The molecule has 8 heteroatoms. The van der Waals surface area contributed by atoms with Crippen molar-refractivity contribution < 1.29 is 4.79 Å². The van der Waals surface area contributed by atoms with Crippen LogP contribution >= 0.6 is 11.3 Å². The van der Waals surface area contributed by atoms with Gasteiger partial charge in [0.15, 0.2) is 5.78 Å². The van der Waals surface area contributed by atoms with Gasteiger partial charge in [-0.3, -0.25) is 9.78 Å². The summed E-state index contributed by atoms with van der Waals surface area (Å²) in [5.74, 6) is 1.40. The highest BCUT2D eigenvalue weighted by molar-refractivity contribution is 7.13. The van der Waals surface area contributed by atoms with Crippen LogP contribution in [0, 0.1) is 0 Å². The van der Waals surface area contributed by atoms with Gasteiger partial charge in [-0.1, -0.05) is 12.1 Å². The standard InChI is InChI=1S/C23H22N6OS/c1-28-6-8-29(9-7-28)23-5-4-18(13-26-23)20(30)11-22-25-12-17-3-2-16(10-19(17)27-22)21-14-24-15-31-21/h2-5,10,12-15H,6-9,11H2,1H3. The lowest BCUT2D eigenvalue weighted by atomic mass is 10.1. The third-order valence-corrected chi connectivity index (χ3v) is 6.39. The van der Waals surface area contributed by atoms with E-state index in [0.717, 1.165) is 53.3 Å². The highest BCUT2D eigenvalue weighted by Crippen LogP contribution is 2.26. The number of carbonyl (C=O) groups is 1. The lowest BCUT2D eigenvalue weighted by molar-refractivity contribution is 0.0990. The van der Waals surface area contributed by atoms with Crippen molar-refractivity contribution in [2.45, 2.75) is 6.42 Å². The van der Waals surface area contributed by atoms with Crippen LogP contribution < -0.4 is 4.90 Å². The average molecular weight is 431 g/mol. The largest absolute Gasteiger partial charge is 0.354 e. The van der Waals surface area contributed by atoms with Gasteiger partial charge < -0.3 is 9.80 Å². The Balaban J connectivity index is 1.31. The summed E-state index contributed by atoms with van der Waals surface area (Å²) in [6.07, 6.45) is 5.43. The summed E-state index contributed by atoms with van der Waals surface area (Å²) in [5.41, 5.74) is 4.29. The summed E-state index contributed by atoms with van der Waals surface area (Å²) in [4.78, 5) is 36.1. The first-order chi connectivity index (χ1) is 15.2. The fourth-order valence-corrected chi connectivity index (χ4v) is 4.30. The molecule has 156 valence electrons. The molecule has 1 aromatic carbocycles. The summed E-state index contributed by atoms with van der Waals surface area (Å²) in [7, 11) is 2.13. The van der Waals surface area contributed by atoms with Gasteiger partial charge in [-0.2, -0.15) is 0 Å². The summed E-state index contributed by atoms with van der Waals surface area (Å²) < 4.78 is 0. The number of thiazole rings is 1. The van der Waals surface area contributed by atoms with Crippen LogP contribution in [0.15, 0.2) is 54.4 Å². The Morgan fingerprint density at radius 2 is 1.90 bits per heavy atom. The summed E-state index contributed by atoms with van der Waals surface area (Å²) >= 11 is 1.59. The van der Waals surface area contributed by atoms with Crippen molar-refractivity contribution in [1.82, 2.24) is 24.8 Å². The minimum absolute atomic E-state index is 0.0320. The van der Waals surface area contributed by atoms with Gasteiger partial charge in [0.2, 0.25) is 0 Å². The van der Waals surface area contributed by atoms with Crippen molar-refractivity contribution in [3.8, 4) is 10.4 Å². The number of fused-ring (bicyclic) bond motifs is 1. The quantitative estimate of drug-likeness (QED) is 0.450. The molecule has 0 aliphatic carbocycles. The van der Waals surface area contributed by atoms with Gasteiger partial charge >= 0.3 is 0 Å². The number of rotatable bonds is 5. The highest BCUT2D eigenvalue weighted by atomic mass is 32.1. The maximum atomic E-state index is 12.8. The van der Waals surface area contributed by atoms with Gasteiger partial charge in [-0.15, -0.1) is 11.3 Å². The second-order valence-corrected chi connectivity index (χ2v) is 8.61. The summed E-state index contributed by atoms with van der Waals surface area (Å²) in [5, 5.41) is 0.947. The number of hydrogen-bond acceptors (Lipinski definition) is 8. The van der Waals surface area contributed by atoms with E-state index in [4.69, 9.17) is 0 Å². The monoisotopic (exact) mass is 430 g/mol. The van der Waals surface area contributed by atoms with Crippen LogP contribution in [0.4, 0.5) is 5.82 Å². The lowest BCUT2D eigenvalue weighted by Crippen LogP contribution is -2.44. The Hall–Kier alpha value is -3.23. The van der Waals surface area contributed by atoms with Crippen molar-refractivity contribution in [2.75, 3.05) is 38.1 Å². The van der Waals surface area contributed by atoms with E-state index in [9.17, 15) is 4.79 Å². The first-order valence-corrected chi connectivity index (χ1v) is 11.1. The van der Waals surface area contributed by atoms with Crippen LogP contribution in [0.1, 0.15) is 16.2 Å². The number of likely N-dealkylation sites (N-methyl/N-ethyl adjacent to an activating group) is 1. The van der Waals surface area contributed by atoms with Gasteiger partial charge in [-0.05, 0) is 30.8 Å². The predicted octanol–water partition coefficient (Wildman–Crippen LogP) is 3.33. The number of pyridine rings is 1. The van der Waals surface area contributed by atoms with E-state index in [-0.39, 0.29) is 12.2 Å². The molecule has 1 aliphatic rings. The van der Waals surface area contributed by atoms with Crippen molar-refractivity contribution in [3.63, 3.8) is 0 Å². The van der Waals surface area contributed by atoms with Crippen molar-refractivity contribution in [2.24, 2.45) is 0 Å². The van der Waals surface area contributed by atoms with Crippen LogP contribution in [0.5, 0.6) is 0 Å². The molecule has 31 heavy (non-hydrogen) atoms.